The number of carbonyl (C=O) groups is 4. The molecule has 1 heterocycles. The quantitative estimate of drug-likeness (QED) is 0.0768. The Morgan fingerprint density at radius 2 is 1.45 bits per heavy atom. The highest BCUT2D eigenvalue weighted by atomic mass is 28.4. The summed E-state index contributed by atoms with van der Waals surface area (Å²) in [7, 11) is -2.97. The minimum atomic E-state index is -2.36. The molecule has 13 nitrogen and oxygen atoms in total. The van der Waals surface area contributed by atoms with Crippen molar-refractivity contribution in [2.75, 3.05) is 24.8 Å². The molecule has 3 rings (SSSR count). The molecule has 2 aromatic rings. The number of anilines is 2. The van der Waals surface area contributed by atoms with Gasteiger partial charge in [0.05, 0.1) is 25.3 Å². The maximum absolute atomic E-state index is 14.6. The number of nitrogen functional groups attached to an aromatic ring is 1. The minimum absolute atomic E-state index is 0.0309. The number of ether oxygens (including phenoxy) is 1. The summed E-state index contributed by atoms with van der Waals surface area (Å²) in [4.78, 5) is 53.2. The van der Waals surface area contributed by atoms with Crippen molar-refractivity contribution in [3.63, 3.8) is 0 Å². The Bertz CT molecular complexity index is 1800. The van der Waals surface area contributed by atoms with Crippen molar-refractivity contribution < 1.29 is 37.9 Å². The van der Waals surface area contributed by atoms with Crippen LogP contribution >= 0.6 is 0 Å². The molecule has 0 fully saturated rings. The number of rotatable bonds is 17. The number of benzene rings is 2. The number of nitrogens with one attached hydrogen (secondary N) is 3. The normalized spacial score (nSPS) is 16.0. The number of carboxylic acid groups (broad SMARTS) is 1. The Hall–Kier alpha value is -4.35. The Morgan fingerprint density at radius 1 is 0.879 bits per heavy atom. The highest BCUT2D eigenvalue weighted by molar-refractivity contribution is 6.78. The second-order valence-electron chi connectivity index (χ2n) is 18.3. The fraction of sp³-hybridized carbons (Fsp3) is 0.581. The van der Waals surface area contributed by atoms with Gasteiger partial charge in [-0.1, -0.05) is 88.3 Å². The molecule has 0 spiro atoms. The monoisotopic (exact) mass is 839 g/mol. The molecule has 0 radical (unpaired) electrons. The third-order valence-electron chi connectivity index (χ3n) is 11.9. The zero-order valence-electron chi connectivity index (χ0n) is 37.3. The van der Waals surface area contributed by atoms with E-state index in [9.17, 15) is 19.2 Å². The molecule has 1 aliphatic rings. The van der Waals surface area contributed by atoms with Gasteiger partial charge in [0.2, 0.25) is 11.8 Å². The van der Waals surface area contributed by atoms with Crippen LogP contribution in [0.2, 0.25) is 34.8 Å². The van der Waals surface area contributed by atoms with Crippen LogP contribution in [-0.4, -0.2) is 82.3 Å². The lowest BCUT2D eigenvalue weighted by atomic mass is 10.0. The number of hydrogen-bond acceptors (Lipinski definition) is 8. The number of nitrogens with zero attached hydrogens (tertiary/aromatic N) is 1. The van der Waals surface area contributed by atoms with E-state index in [0.29, 0.717) is 58.1 Å². The fourth-order valence-electron chi connectivity index (χ4n) is 7.49. The van der Waals surface area contributed by atoms with Crippen LogP contribution in [0.1, 0.15) is 105 Å². The summed E-state index contributed by atoms with van der Waals surface area (Å²) in [6.45, 7) is 29.5. The summed E-state index contributed by atoms with van der Waals surface area (Å²) < 4.78 is 19.5. The molecular formula is C43H69N5O8Si2. The van der Waals surface area contributed by atoms with E-state index in [1.165, 1.54) is 6.92 Å². The smallest absolute Gasteiger partial charge is 0.405 e. The lowest BCUT2D eigenvalue weighted by molar-refractivity contribution is -0.128. The van der Waals surface area contributed by atoms with Crippen LogP contribution in [0.15, 0.2) is 42.6 Å². The van der Waals surface area contributed by atoms with E-state index in [0.717, 1.165) is 11.1 Å². The molecule has 3 atom stereocenters. The largest absolute Gasteiger partial charge is 0.540 e. The van der Waals surface area contributed by atoms with Gasteiger partial charge in [-0.3, -0.25) is 14.4 Å². The van der Waals surface area contributed by atoms with Crippen LogP contribution in [0.25, 0.3) is 5.57 Å². The third-order valence-corrected chi connectivity index (χ3v) is 22.4. The maximum atomic E-state index is 14.6. The Balaban J connectivity index is 1.94. The van der Waals surface area contributed by atoms with Crippen LogP contribution in [0.3, 0.4) is 0 Å². The van der Waals surface area contributed by atoms with Gasteiger partial charge in [-0.25, -0.2) is 4.79 Å². The van der Waals surface area contributed by atoms with Crippen LogP contribution in [0, 0.1) is 5.92 Å². The van der Waals surface area contributed by atoms with Crippen LogP contribution in [0.5, 0.6) is 11.5 Å². The van der Waals surface area contributed by atoms with Crippen LogP contribution < -0.4 is 30.8 Å². The first-order valence-corrected chi connectivity index (χ1v) is 25.4. The van der Waals surface area contributed by atoms with E-state index < -0.39 is 46.6 Å². The molecule has 0 unspecified atom stereocenters. The molecule has 58 heavy (non-hydrogen) atoms. The molecule has 2 aromatic carbocycles. The van der Waals surface area contributed by atoms with E-state index in [4.69, 9.17) is 24.4 Å². The van der Waals surface area contributed by atoms with Crippen molar-refractivity contribution in [1.29, 1.82) is 0 Å². The van der Waals surface area contributed by atoms with E-state index in [2.05, 4.69) is 91.4 Å². The van der Waals surface area contributed by atoms with Gasteiger partial charge in [0.25, 0.3) is 14.2 Å². The van der Waals surface area contributed by atoms with Crippen molar-refractivity contribution >= 4 is 57.4 Å². The van der Waals surface area contributed by atoms with E-state index in [1.54, 1.807) is 50.1 Å². The molecule has 0 saturated carbocycles. The average Bonchev–Trinajstić information content (AvgIpc) is 3.55. The van der Waals surface area contributed by atoms with Crippen LogP contribution in [-0.2, 0) is 14.0 Å². The fourth-order valence-corrected chi connectivity index (χ4v) is 13.8. The summed E-state index contributed by atoms with van der Waals surface area (Å²) >= 11 is 0. The lowest BCUT2D eigenvalue weighted by Crippen LogP contribution is -2.53. The molecule has 0 aromatic heterocycles. The molecule has 0 saturated heterocycles. The molecule has 4 amide bonds. The molecule has 322 valence electrons. The highest BCUT2D eigenvalue weighted by Crippen LogP contribution is 2.46. The summed E-state index contributed by atoms with van der Waals surface area (Å²) in [6, 6.07) is 8.43. The molecule has 15 heteroatoms. The molecule has 1 aliphatic heterocycles. The van der Waals surface area contributed by atoms with Crippen LogP contribution in [0.4, 0.5) is 16.2 Å². The maximum Gasteiger partial charge on any atom is 0.405 e. The Morgan fingerprint density at radius 3 is 1.93 bits per heavy atom. The third kappa shape index (κ3) is 11.0. The van der Waals surface area contributed by atoms with Gasteiger partial charge in [0.1, 0.15) is 17.8 Å². The van der Waals surface area contributed by atoms with Gasteiger partial charge < -0.3 is 45.3 Å². The first-order valence-electron chi connectivity index (χ1n) is 20.3. The van der Waals surface area contributed by atoms with Crippen molar-refractivity contribution in [2.45, 2.75) is 142 Å². The minimum Gasteiger partial charge on any atom is -0.540 e. The predicted octanol–water partition coefficient (Wildman–Crippen LogP) is 8.84. The topological polar surface area (TPSA) is 182 Å². The molecule has 6 N–H and O–H groups in total. The summed E-state index contributed by atoms with van der Waals surface area (Å²) in [5.74, 6) is -0.648. The SMILES string of the molecule is COc1cc(C(=O)N2C=C(c3ccc(NC(=O)[C@H](C)NC(=O)[C@@H](NC(=O)O)C(C)C)cc3)C[C@H]2CO[Si](C)(C)C(C)(C)C)c(N)cc1O[Si](C(C)C)(C(C)C)C(C)C. The molecule has 0 aliphatic carbocycles. The predicted molar refractivity (Wildman–Crippen MR) is 237 cm³/mol. The van der Waals surface area contributed by atoms with Crippen molar-refractivity contribution in [2.24, 2.45) is 5.92 Å². The summed E-state index contributed by atoms with van der Waals surface area (Å²) in [5.41, 5.74) is 10.6. The van der Waals surface area contributed by atoms with E-state index >= 15 is 0 Å². The summed E-state index contributed by atoms with van der Waals surface area (Å²) in [6.07, 6.45) is 1.06. The van der Waals surface area contributed by atoms with Crippen molar-refractivity contribution in [1.82, 2.24) is 15.5 Å². The van der Waals surface area contributed by atoms with Gasteiger partial charge in [-0.05, 0) is 83.4 Å². The van der Waals surface area contributed by atoms with Crippen molar-refractivity contribution in [3.05, 3.63) is 53.7 Å². The van der Waals surface area contributed by atoms with Gasteiger partial charge >= 0.3 is 6.09 Å². The average molecular weight is 840 g/mol. The first-order chi connectivity index (χ1) is 26.8. The second-order valence-corrected chi connectivity index (χ2v) is 28.5. The zero-order chi connectivity index (χ0) is 44.1. The zero-order valence-corrected chi connectivity index (χ0v) is 39.3. The van der Waals surface area contributed by atoms with Gasteiger partial charge in [-0.2, -0.15) is 0 Å². The van der Waals surface area contributed by atoms with Gasteiger partial charge in [0, 0.05) is 23.6 Å². The lowest BCUT2D eigenvalue weighted by Gasteiger charge is -2.42. The Kier molecular flexibility index (Phi) is 15.9. The second kappa shape index (κ2) is 19.1. The van der Waals surface area contributed by atoms with Gasteiger partial charge in [-0.15, -0.1) is 0 Å². The molecular weight excluding hydrogens is 771 g/mol. The number of methoxy groups -OCH3 is 1. The first kappa shape index (κ1) is 48.0. The number of nitrogens with two attached hydrogens (primary N) is 1. The Labute approximate surface area is 348 Å². The van der Waals surface area contributed by atoms with Crippen molar-refractivity contribution in [3.8, 4) is 11.5 Å². The number of carbonyl (C=O) groups excluding carboxylic acids is 3. The van der Waals surface area contributed by atoms with E-state index in [-0.39, 0.29) is 22.9 Å². The highest BCUT2D eigenvalue weighted by Gasteiger charge is 2.48. The number of amides is 4. The van der Waals surface area contributed by atoms with Gasteiger partial charge in [0.15, 0.2) is 14.1 Å². The number of hydrogen-bond donors (Lipinski definition) is 5. The standard InChI is InChI=1S/C43H69N5O8Si2/c1-25(2)38(47-42(52)53)40(50)45-29(9)39(49)46-32-18-16-30(17-19-32)31-20-33(24-55-57(14,15)43(10,11)12)48(23-31)41(51)34-21-36(54-13)37(22-35(34)44)56-58(26(3)4,27(5)6)28(7)8/h16-19,21-23,25-29,33,38,47H,20,24,44H2,1-15H3,(H,45,50)(H,46,49)(H,52,53)/t29-,33-,38-/m0/s1. The van der Waals surface area contributed by atoms with E-state index in [1.807, 2.05) is 18.3 Å². The summed E-state index contributed by atoms with van der Waals surface area (Å²) in [5, 5.41) is 16.7. The molecule has 0 bridgehead atoms.